The fraction of sp³-hybridized carbons (Fsp3) is 0.250. The van der Waals surface area contributed by atoms with Gasteiger partial charge in [0.05, 0.1) is 14.2 Å². The maximum absolute atomic E-state index is 6.01. The third-order valence-corrected chi connectivity index (χ3v) is 4.81. The highest BCUT2D eigenvalue weighted by molar-refractivity contribution is 5.75. The van der Waals surface area contributed by atoms with Crippen LogP contribution in [0.3, 0.4) is 0 Å². The molecule has 7 heteroatoms. The Balaban J connectivity index is 1.90. The Bertz CT molecular complexity index is 1060. The van der Waals surface area contributed by atoms with Gasteiger partial charge in [0, 0.05) is 30.3 Å². The first-order valence-corrected chi connectivity index (χ1v) is 9.93. The van der Waals surface area contributed by atoms with E-state index in [1.165, 1.54) is 5.56 Å². The van der Waals surface area contributed by atoms with Crippen LogP contribution in [0.15, 0.2) is 42.6 Å². The molecule has 4 N–H and O–H groups in total. The number of aromatic nitrogens is 2. The lowest BCUT2D eigenvalue weighted by Gasteiger charge is -2.14. The molecule has 0 aliphatic rings. The van der Waals surface area contributed by atoms with Gasteiger partial charge in [-0.1, -0.05) is 36.4 Å². The lowest BCUT2D eigenvalue weighted by Crippen LogP contribution is -2.10. The molecule has 0 saturated carbocycles. The zero-order valence-corrected chi connectivity index (χ0v) is 18.4. The molecule has 3 aromatic rings. The van der Waals surface area contributed by atoms with Gasteiger partial charge in [-0.05, 0) is 42.9 Å². The second-order valence-electron chi connectivity index (χ2n) is 7.55. The Kier molecular flexibility index (Phi) is 7.10. The van der Waals surface area contributed by atoms with E-state index in [2.05, 4.69) is 59.3 Å². The molecule has 0 saturated heterocycles. The minimum absolute atomic E-state index is 0.161. The van der Waals surface area contributed by atoms with Gasteiger partial charge in [-0.3, -0.25) is 0 Å². The number of benzene rings is 2. The van der Waals surface area contributed by atoms with Gasteiger partial charge in [-0.15, -0.1) is 0 Å². The van der Waals surface area contributed by atoms with Gasteiger partial charge in [-0.2, -0.15) is 4.98 Å². The van der Waals surface area contributed by atoms with E-state index in [-0.39, 0.29) is 5.95 Å². The van der Waals surface area contributed by atoms with Crippen molar-refractivity contribution >= 4 is 23.9 Å². The summed E-state index contributed by atoms with van der Waals surface area (Å²) in [4.78, 5) is 10.2. The first-order chi connectivity index (χ1) is 14.9. The van der Waals surface area contributed by atoms with E-state index in [4.69, 9.17) is 20.9 Å². The fourth-order valence-corrected chi connectivity index (χ4v) is 3.35. The molecule has 0 aliphatic carbocycles. The van der Waals surface area contributed by atoms with E-state index >= 15 is 0 Å². The van der Waals surface area contributed by atoms with E-state index in [0.29, 0.717) is 23.7 Å². The molecule has 2 aromatic carbocycles. The van der Waals surface area contributed by atoms with Gasteiger partial charge in [0.2, 0.25) is 5.95 Å². The molecule has 1 heterocycles. The summed E-state index contributed by atoms with van der Waals surface area (Å²) in [6, 6.07) is 12.5. The van der Waals surface area contributed by atoms with Crippen LogP contribution in [-0.4, -0.2) is 43.2 Å². The lowest BCUT2D eigenvalue weighted by atomic mass is 10.0. The SMILES string of the molecule is COc1cc(Cc2cnc(N)nc2N)cc(/C=C/c2ccc(CN(C)C)cc2)c1OC. The molecule has 1 aromatic heterocycles. The lowest BCUT2D eigenvalue weighted by molar-refractivity contribution is 0.354. The number of nitrogen functional groups attached to an aromatic ring is 2. The molecule has 0 fully saturated rings. The second-order valence-corrected chi connectivity index (χ2v) is 7.55. The fourth-order valence-electron chi connectivity index (χ4n) is 3.35. The van der Waals surface area contributed by atoms with Crippen molar-refractivity contribution in [3.63, 3.8) is 0 Å². The summed E-state index contributed by atoms with van der Waals surface area (Å²) in [5.74, 6) is 1.86. The van der Waals surface area contributed by atoms with Crippen molar-refractivity contribution in [3.05, 3.63) is 70.4 Å². The number of ether oxygens (including phenoxy) is 2. The predicted molar refractivity (Wildman–Crippen MR) is 126 cm³/mol. The van der Waals surface area contributed by atoms with Crippen molar-refractivity contribution in [1.82, 2.24) is 14.9 Å². The number of hydrogen-bond donors (Lipinski definition) is 2. The highest BCUT2D eigenvalue weighted by atomic mass is 16.5. The van der Waals surface area contributed by atoms with E-state index in [1.54, 1.807) is 20.4 Å². The maximum Gasteiger partial charge on any atom is 0.221 e. The summed E-state index contributed by atoms with van der Waals surface area (Å²) < 4.78 is 11.2. The van der Waals surface area contributed by atoms with Gasteiger partial charge in [-0.25, -0.2) is 4.98 Å². The number of rotatable bonds is 8. The van der Waals surface area contributed by atoms with E-state index < -0.39 is 0 Å². The molecule has 0 amide bonds. The Morgan fingerprint density at radius 1 is 0.968 bits per heavy atom. The van der Waals surface area contributed by atoms with E-state index in [1.807, 2.05) is 18.2 Å². The normalized spacial score (nSPS) is 11.3. The Morgan fingerprint density at radius 3 is 2.32 bits per heavy atom. The number of nitrogens with zero attached hydrogens (tertiary/aromatic N) is 3. The van der Waals surface area contributed by atoms with Crippen LogP contribution in [0.1, 0.15) is 27.8 Å². The summed E-state index contributed by atoms with van der Waals surface area (Å²) in [5, 5.41) is 0. The molecular formula is C24H29N5O2. The smallest absolute Gasteiger partial charge is 0.221 e. The van der Waals surface area contributed by atoms with Crippen molar-refractivity contribution in [2.45, 2.75) is 13.0 Å². The highest BCUT2D eigenvalue weighted by Crippen LogP contribution is 2.35. The van der Waals surface area contributed by atoms with Crippen molar-refractivity contribution in [3.8, 4) is 11.5 Å². The molecule has 3 rings (SSSR count). The van der Waals surface area contributed by atoms with Crippen molar-refractivity contribution in [2.75, 3.05) is 39.8 Å². The first kappa shape index (κ1) is 22.1. The number of hydrogen-bond acceptors (Lipinski definition) is 7. The molecular weight excluding hydrogens is 390 g/mol. The van der Waals surface area contributed by atoms with Crippen LogP contribution in [0.5, 0.6) is 11.5 Å². The van der Waals surface area contributed by atoms with Gasteiger partial charge in [0.1, 0.15) is 5.82 Å². The number of anilines is 2. The first-order valence-electron chi connectivity index (χ1n) is 9.93. The van der Waals surface area contributed by atoms with Crippen molar-refractivity contribution in [2.24, 2.45) is 0 Å². The molecule has 31 heavy (non-hydrogen) atoms. The largest absolute Gasteiger partial charge is 0.493 e. The molecule has 0 unspecified atom stereocenters. The van der Waals surface area contributed by atoms with Crippen molar-refractivity contribution in [1.29, 1.82) is 0 Å². The number of nitrogens with two attached hydrogens (primary N) is 2. The maximum atomic E-state index is 6.01. The summed E-state index contributed by atoms with van der Waals surface area (Å²) in [5.41, 5.74) is 16.7. The third kappa shape index (κ3) is 5.73. The third-order valence-electron chi connectivity index (χ3n) is 4.81. The minimum atomic E-state index is 0.161. The molecule has 0 aliphatic heterocycles. The van der Waals surface area contributed by atoms with Crippen LogP contribution in [0.2, 0.25) is 0 Å². The van der Waals surface area contributed by atoms with Crippen LogP contribution < -0.4 is 20.9 Å². The average Bonchev–Trinajstić information content (AvgIpc) is 2.74. The van der Waals surface area contributed by atoms with Crippen LogP contribution in [-0.2, 0) is 13.0 Å². The Labute approximate surface area is 183 Å². The van der Waals surface area contributed by atoms with Crippen molar-refractivity contribution < 1.29 is 9.47 Å². The number of methoxy groups -OCH3 is 2. The summed E-state index contributed by atoms with van der Waals surface area (Å²) in [6.07, 6.45) is 6.28. The zero-order valence-electron chi connectivity index (χ0n) is 18.4. The van der Waals surface area contributed by atoms with E-state index in [9.17, 15) is 0 Å². The molecule has 0 atom stereocenters. The molecule has 0 spiro atoms. The van der Waals surface area contributed by atoms with Gasteiger partial charge in [0.15, 0.2) is 11.5 Å². The second kappa shape index (κ2) is 9.95. The highest BCUT2D eigenvalue weighted by Gasteiger charge is 2.13. The Morgan fingerprint density at radius 2 is 1.71 bits per heavy atom. The monoisotopic (exact) mass is 419 g/mol. The average molecular weight is 420 g/mol. The van der Waals surface area contributed by atoms with Gasteiger partial charge >= 0.3 is 0 Å². The van der Waals surface area contributed by atoms with Crippen LogP contribution >= 0.6 is 0 Å². The predicted octanol–water partition coefficient (Wildman–Crippen LogP) is 3.48. The molecule has 162 valence electrons. The topological polar surface area (TPSA) is 99.5 Å². The Hall–Kier alpha value is -3.58. The van der Waals surface area contributed by atoms with E-state index in [0.717, 1.165) is 28.8 Å². The molecule has 0 radical (unpaired) electrons. The standard InChI is InChI=1S/C24H29N5O2/c1-29(2)15-17-7-5-16(6-8-17)9-10-19-11-18(13-21(30-3)22(19)31-4)12-20-14-27-24(26)28-23(20)25/h5-11,13-14H,12,15H2,1-4H3,(H4,25,26,27,28)/b10-9+. The summed E-state index contributed by atoms with van der Waals surface area (Å²) in [6.45, 7) is 0.912. The zero-order chi connectivity index (χ0) is 22.4. The van der Waals surface area contributed by atoms with Gasteiger partial charge in [0.25, 0.3) is 0 Å². The quantitative estimate of drug-likeness (QED) is 0.539. The molecule has 0 bridgehead atoms. The minimum Gasteiger partial charge on any atom is -0.493 e. The molecule has 7 nitrogen and oxygen atoms in total. The van der Waals surface area contributed by atoms with Crippen LogP contribution in [0.25, 0.3) is 12.2 Å². The van der Waals surface area contributed by atoms with Gasteiger partial charge < -0.3 is 25.8 Å². The summed E-state index contributed by atoms with van der Waals surface area (Å²) >= 11 is 0. The van der Waals surface area contributed by atoms with Crippen LogP contribution in [0.4, 0.5) is 11.8 Å². The van der Waals surface area contributed by atoms with Crippen LogP contribution in [0, 0.1) is 0 Å². The summed E-state index contributed by atoms with van der Waals surface area (Å²) in [7, 11) is 7.38.